The summed E-state index contributed by atoms with van der Waals surface area (Å²) in [6.45, 7) is 8.23. The highest BCUT2D eigenvalue weighted by molar-refractivity contribution is 6.05. The fraction of sp³-hybridized carbons (Fsp3) is 0.523. The lowest BCUT2D eigenvalue weighted by atomic mass is 9.73. The third-order valence-corrected chi connectivity index (χ3v) is 13.3. The van der Waals surface area contributed by atoms with Crippen LogP contribution in [0.25, 0.3) is 0 Å². The monoisotopic (exact) mass is 731 g/mol. The number of piperidine rings is 2. The van der Waals surface area contributed by atoms with Crippen LogP contribution in [0, 0.1) is 11.8 Å². The van der Waals surface area contributed by atoms with Gasteiger partial charge in [0.05, 0.1) is 12.7 Å². The molecule has 0 spiro atoms. The number of carbonyl (C=O) groups is 3. The molecule has 3 aromatic carbocycles. The number of ether oxygens (including phenoxy) is 1. The molecule has 54 heavy (non-hydrogen) atoms. The summed E-state index contributed by atoms with van der Waals surface area (Å²) in [5, 5.41) is 12.6. The van der Waals surface area contributed by atoms with Gasteiger partial charge in [-0.2, -0.15) is 0 Å². The zero-order valence-electron chi connectivity index (χ0n) is 31.3. The van der Waals surface area contributed by atoms with Crippen LogP contribution in [0.2, 0.25) is 0 Å². The van der Waals surface area contributed by atoms with Crippen LogP contribution in [-0.2, 0) is 27.5 Å². The van der Waals surface area contributed by atoms with Crippen molar-refractivity contribution < 1.29 is 24.2 Å². The van der Waals surface area contributed by atoms with Crippen molar-refractivity contribution in [1.82, 2.24) is 15.1 Å². The van der Waals surface area contributed by atoms with Gasteiger partial charge in [0.15, 0.2) is 0 Å². The number of carbonyl (C=O) groups excluding carboxylic acids is 3. The Balaban J connectivity index is 0.773. The van der Waals surface area contributed by atoms with Crippen molar-refractivity contribution in [3.05, 3.63) is 88.5 Å². The van der Waals surface area contributed by atoms with Crippen LogP contribution in [0.5, 0.6) is 5.75 Å². The normalized spacial score (nSPS) is 25.8. The molecule has 2 N–H and O–H groups in total. The van der Waals surface area contributed by atoms with Crippen LogP contribution in [0.15, 0.2) is 60.7 Å². The number of phenolic OH excluding ortho intramolecular Hbond substituents is 1. The van der Waals surface area contributed by atoms with Crippen LogP contribution in [0.4, 0.5) is 11.4 Å². The van der Waals surface area contributed by atoms with Crippen LogP contribution in [-0.4, -0.2) is 90.6 Å². The molecule has 9 rings (SSSR count). The predicted molar refractivity (Wildman–Crippen MR) is 208 cm³/mol. The van der Waals surface area contributed by atoms with E-state index in [0.717, 1.165) is 62.6 Å². The molecule has 0 bridgehead atoms. The van der Waals surface area contributed by atoms with Crippen LogP contribution >= 0.6 is 0 Å². The molecule has 10 heteroatoms. The molecule has 284 valence electrons. The zero-order chi connectivity index (χ0) is 36.8. The molecule has 5 aliphatic heterocycles. The standard InChI is InChI=1S/C44H53N5O5/c50-36-11-13-37-33(25-36)28-54-42(31-4-2-1-3-5-31)41(37)30-6-8-34(9-7-30)47-18-16-29(17-19-47)26-46-20-22-48(23-21-46)35-10-12-38-32(24-35)27-49(44(38)53)39-14-15-40(51)45-43(39)52/h6-13,24-25,29,31,39,41-42,50H,1-5,14-23,26-28H2,(H,45,51,52)/t39-,41+,42-/m0/s1. The van der Waals surface area contributed by atoms with Gasteiger partial charge in [-0.3, -0.25) is 24.6 Å². The number of nitrogens with zero attached hydrogens (tertiary/aromatic N) is 4. The molecule has 0 unspecified atom stereocenters. The largest absolute Gasteiger partial charge is 0.508 e. The third kappa shape index (κ3) is 6.99. The first kappa shape index (κ1) is 35.3. The summed E-state index contributed by atoms with van der Waals surface area (Å²) in [4.78, 5) is 46.5. The number of piperazine rings is 1. The first-order valence-electron chi connectivity index (χ1n) is 20.4. The Morgan fingerprint density at radius 2 is 1.48 bits per heavy atom. The molecule has 3 aromatic rings. The Kier molecular flexibility index (Phi) is 9.82. The minimum absolute atomic E-state index is 0.120. The van der Waals surface area contributed by atoms with Crippen LogP contribution < -0.4 is 15.1 Å². The summed E-state index contributed by atoms with van der Waals surface area (Å²) in [5.74, 6) is 1.03. The lowest BCUT2D eigenvalue weighted by Gasteiger charge is -2.41. The van der Waals surface area contributed by atoms with Crippen molar-refractivity contribution in [2.75, 3.05) is 55.6 Å². The van der Waals surface area contributed by atoms with Gasteiger partial charge in [-0.05, 0) is 109 Å². The zero-order valence-corrected chi connectivity index (χ0v) is 31.3. The van der Waals surface area contributed by atoms with Crippen molar-refractivity contribution in [2.45, 2.75) is 89.0 Å². The molecule has 1 saturated carbocycles. The highest BCUT2D eigenvalue weighted by Crippen LogP contribution is 2.44. The van der Waals surface area contributed by atoms with Gasteiger partial charge in [0.1, 0.15) is 11.8 Å². The SMILES string of the molecule is O=C1CC[C@H](N2Cc3cc(N4CCN(CC5CCN(c6ccc([C@@H]7c8ccc(O)cc8CO[C@H]7C7CCCCC7)cc6)CC5)CC4)ccc3C2=O)C(=O)N1. The van der Waals surface area contributed by atoms with Crippen molar-refractivity contribution in [3.8, 4) is 5.75 Å². The number of anilines is 2. The summed E-state index contributed by atoms with van der Waals surface area (Å²) in [6, 6.07) is 20.7. The van der Waals surface area contributed by atoms with Gasteiger partial charge in [0, 0.05) is 81.6 Å². The van der Waals surface area contributed by atoms with Crippen molar-refractivity contribution in [2.24, 2.45) is 11.8 Å². The average Bonchev–Trinajstić information content (AvgIpc) is 3.53. The molecule has 3 saturated heterocycles. The lowest BCUT2D eigenvalue weighted by Crippen LogP contribution is -2.52. The van der Waals surface area contributed by atoms with Crippen LogP contribution in [0.1, 0.15) is 96.3 Å². The molecule has 1 aliphatic carbocycles. The number of amides is 3. The Bertz CT molecular complexity index is 1880. The molecular weight excluding hydrogens is 679 g/mol. The maximum absolute atomic E-state index is 13.2. The van der Waals surface area contributed by atoms with Gasteiger partial charge in [-0.1, -0.05) is 37.5 Å². The second kappa shape index (κ2) is 15.0. The second-order valence-corrected chi connectivity index (χ2v) is 16.6. The van der Waals surface area contributed by atoms with Gasteiger partial charge in [-0.25, -0.2) is 0 Å². The number of benzene rings is 3. The number of aromatic hydroxyl groups is 1. The first-order chi connectivity index (χ1) is 26.4. The summed E-state index contributed by atoms with van der Waals surface area (Å²) < 4.78 is 6.60. The number of imide groups is 1. The maximum Gasteiger partial charge on any atom is 0.255 e. The highest BCUT2D eigenvalue weighted by Gasteiger charge is 2.40. The third-order valence-electron chi connectivity index (χ3n) is 13.3. The fourth-order valence-electron chi connectivity index (χ4n) is 10.3. The molecule has 10 nitrogen and oxygen atoms in total. The summed E-state index contributed by atoms with van der Waals surface area (Å²) >= 11 is 0. The molecule has 0 aromatic heterocycles. The molecule has 4 fully saturated rings. The van der Waals surface area contributed by atoms with E-state index in [1.807, 2.05) is 24.3 Å². The molecule has 0 radical (unpaired) electrons. The van der Waals surface area contributed by atoms with Gasteiger partial charge in [-0.15, -0.1) is 0 Å². The van der Waals surface area contributed by atoms with Crippen LogP contribution in [0.3, 0.4) is 0 Å². The summed E-state index contributed by atoms with van der Waals surface area (Å²) in [7, 11) is 0. The minimum Gasteiger partial charge on any atom is -0.508 e. The Morgan fingerprint density at radius 1 is 0.741 bits per heavy atom. The second-order valence-electron chi connectivity index (χ2n) is 16.6. The number of hydrogen-bond donors (Lipinski definition) is 2. The molecule has 5 heterocycles. The molecular formula is C44H53N5O5. The fourth-order valence-corrected chi connectivity index (χ4v) is 10.3. The number of hydrogen-bond acceptors (Lipinski definition) is 8. The smallest absolute Gasteiger partial charge is 0.255 e. The van der Waals surface area contributed by atoms with E-state index in [-0.39, 0.29) is 36.2 Å². The van der Waals surface area contributed by atoms with Gasteiger partial charge < -0.3 is 24.5 Å². The van der Waals surface area contributed by atoms with E-state index < -0.39 is 6.04 Å². The van der Waals surface area contributed by atoms with E-state index in [1.54, 1.807) is 4.90 Å². The Labute approximate surface area is 318 Å². The van der Waals surface area contributed by atoms with E-state index in [9.17, 15) is 19.5 Å². The van der Waals surface area contributed by atoms with E-state index in [1.165, 1.54) is 61.8 Å². The Morgan fingerprint density at radius 3 is 2.24 bits per heavy atom. The van der Waals surface area contributed by atoms with Gasteiger partial charge in [0.2, 0.25) is 11.8 Å². The molecule has 3 amide bonds. The maximum atomic E-state index is 13.2. The average molecular weight is 732 g/mol. The Hall–Kier alpha value is -4.41. The number of phenols is 1. The highest BCUT2D eigenvalue weighted by atomic mass is 16.5. The number of rotatable bonds is 7. The molecule has 3 atom stereocenters. The molecule has 6 aliphatic rings. The first-order valence-corrected chi connectivity index (χ1v) is 20.4. The topological polar surface area (TPSA) is 106 Å². The summed E-state index contributed by atoms with van der Waals surface area (Å²) in [6.07, 6.45) is 9.62. The summed E-state index contributed by atoms with van der Waals surface area (Å²) in [5.41, 5.74) is 7.81. The van der Waals surface area contributed by atoms with E-state index in [4.69, 9.17) is 4.74 Å². The van der Waals surface area contributed by atoms with Gasteiger partial charge >= 0.3 is 0 Å². The predicted octanol–water partition coefficient (Wildman–Crippen LogP) is 5.80. The van der Waals surface area contributed by atoms with Crippen molar-refractivity contribution in [1.29, 1.82) is 0 Å². The minimum atomic E-state index is -0.584. The van der Waals surface area contributed by atoms with E-state index in [0.29, 0.717) is 42.7 Å². The quantitative estimate of drug-likeness (QED) is 0.294. The number of fused-ring (bicyclic) bond motifs is 2. The van der Waals surface area contributed by atoms with E-state index >= 15 is 0 Å². The van der Waals surface area contributed by atoms with Crippen molar-refractivity contribution >= 4 is 29.1 Å². The van der Waals surface area contributed by atoms with E-state index in [2.05, 4.69) is 56.4 Å². The van der Waals surface area contributed by atoms with Crippen molar-refractivity contribution in [3.63, 3.8) is 0 Å². The lowest BCUT2D eigenvalue weighted by molar-refractivity contribution is -0.136. The van der Waals surface area contributed by atoms with Gasteiger partial charge in [0.25, 0.3) is 5.91 Å². The number of nitrogens with one attached hydrogen (secondary N) is 1.